The first kappa shape index (κ1) is 14.0. The standard InChI is InChI=1S/C9H19BNO.C2H6/c1-5-10-8-6-11(4)7-9(2,3)12-8;1-2/h8H,5-7H2,1-4H3;1-2H3/t8-;/m1./s1. The molecule has 0 aromatic rings. The normalized spacial score (nSPS) is 26.3. The van der Waals surface area contributed by atoms with Crippen LogP contribution in [0.5, 0.6) is 0 Å². The number of hydrogen-bond donors (Lipinski definition) is 0. The van der Waals surface area contributed by atoms with E-state index in [1.807, 2.05) is 13.8 Å². The zero-order valence-electron chi connectivity index (χ0n) is 10.6. The lowest BCUT2D eigenvalue weighted by atomic mass is 9.68. The molecule has 1 fully saturated rings. The monoisotopic (exact) mass is 198 g/mol. The molecule has 0 amide bonds. The van der Waals surface area contributed by atoms with Crippen LogP contribution in [0.1, 0.15) is 34.6 Å². The molecule has 2 nitrogen and oxygen atoms in total. The quantitative estimate of drug-likeness (QED) is 0.631. The molecule has 1 atom stereocenters. The van der Waals surface area contributed by atoms with Gasteiger partial charge in [0, 0.05) is 19.1 Å². The van der Waals surface area contributed by atoms with Gasteiger partial charge in [0.05, 0.1) is 5.60 Å². The largest absolute Gasteiger partial charge is 0.379 e. The van der Waals surface area contributed by atoms with Crippen LogP contribution in [0.2, 0.25) is 6.32 Å². The van der Waals surface area contributed by atoms with Crippen LogP contribution < -0.4 is 0 Å². The van der Waals surface area contributed by atoms with E-state index in [0.717, 1.165) is 19.4 Å². The fraction of sp³-hybridized carbons (Fsp3) is 1.00. The third-order valence-electron chi connectivity index (χ3n) is 2.11. The molecule has 0 bridgehead atoms. The fourth-order valence-electron chi connectivity index (χ4n) is 1.89. The number of ether oxygens (including phenoxy) is 1. The fourth-order valence-corrected chi connectivity index (χ4v) is 1.89. The van der Waals surface area contributed by atoms with Crippen molar-refractivity contribution in [2.24, 2.45) is 0 Å². The van der Waals surface area contributed by atoms with Crippen molar-refractivity contribution in [3.8, 4) is 0 Å². The summed E-state index contributed by atoms with van der Waals surface area (Å²) in [5.41, 5.74) is 0.0172. The van der Waals surface area contributed by atoms with Gasteiger partial charge in [-0.1, -0.05) is 27.1 Å². The molecular weight excluding hydrogens is 173 g/mol. The number of likely N-dealkylation sites (N-methyl/N-ethyl adjacent to an activating group) is 1. The highest BCUT2D eigenvalue weighted by Gasteiger charge is 2.30. The predicted octanol–water partition coefficient (Wildman–Crippen LogP) is 2.22. The molecule has 1 radical (unpaired) electrons. The molecular formula is C11H25BNO. The summed E-state index contributed by atoms with van der Waals surface area (Å²) < 4.78 is 5.89. The van der Waals surface area contributed by atoms with E-state index in [0.29, 0.717) is 6.00 Å². The molecule has 0 unspecified atom stereocenters. The van der Waals surface area contributed by atoms with Gasteiger partial charge in [0.2, 0.25) is 0 Å². The van der Waals surface area contributed by atoms with Gasteiger partial charge >= 0.3 is 0 Å². The van der Waals surface area contributed by atoms with E-state index >= 15 is 0 Å². The molecule has 83 valence electrons. The Morgan fingerprint density at radius 2 is 2.00 bits per heavy atom. The van der Waals surface area contributed by atoms with E-state index in [4.69, 9.17) is 4.74 Å². The topological polar surface area (TPSA) is 12.5 Å². The van der Waals surface area contributed by atoms with Gasteiger partial charge in [-0.3, -0.25) is 0 Å². The van der Waals surface area contributed by atoms with Gasteiger partial charge in [0.1, 0.15) is 0 Å². The Morgan fingerprint density at radius 3 is 2.43 bits per heavy atom. The Balaban J connectivity index is 0.000000791. The van der Waals surface area contributed by atoms with Crippen molar-refractivity contribution in [3.63, 3.8) is 0 Å². The van der Waals surface area contributed by atoms with Crippen molar-refractivity contribution in [1.29, 1.82) is 0 Å². The Morgan fingerprint density at radius 1 is 1.43 bits per heavy atom. The van der Waals surface area contributed by atoms with Crippen LogP contribution in [0, 0.1) is 0 Å². The first-order valence-corrected chi connectivity index (χ1v) is 5.73. The molecule has 1 saturated heterocycles. The molecule has 0 N–H and O–H groups in total. The van der Waals surface area contributed by atoms with Crippen molar-refractivity contribution >= 4 is 7.28 Å². The van der Waals surface area contributed by atoms with E-state index in [-0.39, 0.29) is 5.60 Å². The maximum atomic E-state index is 5.89. The Labute approximate surface area is 90.2 Å². The summed E-state index contributed by atoms with van der Waals surface area (Å²) in [6.45, 7) is 12.5. The second-order valence-electron chi connectivity index (χ2n) is 4.26. The summed E-state index contributed by atoms with van der Waals surface area (Å²) in [5.74, 6) is 0. The first-order valence-electron chi connectivity index (χ1n) is 5.73. The van der Waals surface area contributed by atoms with Gasteiger partial charge in [-0.2, -0.15) is 0 Å². The summed E-state index contributed by atoms with van der Waals surface area (Å²) in [5, 5.41) is 0. The SMILES string of the molecule is CC.CC[B][C@H]1CN(C)CC(C)(C)O1. The smallest absolute Gasteiger partial charge is 0.150 e. The van der Waals surface area contributed by atoms with E-state index in [2.05, 4.69) is 40.0 Å². The Hall–Kier alpha value is -0.0151. The summed E-state index contributed by atoms with van der Waals surface area (Å²) in [6, 6.07) is 0.323. The molecule has 0 aromatic carbocycles. The summed E-state index contributed by atoms with van der Waals surface area (Å²) in [4.78, 5) is 2.33. The van der Waals surface area contributed by atoms with Crippen molar-refractivity contribution in [2.45, 2.75) is 52.5 Å². The molecule has 0 saturated carbocycles. The van der Waals surface area contributed by atoms with Crippen LogP contribution in [0.3, 0.4) is 0 Å². The summed E-state index contributed by atoms with van der Waals surface area (Å²) >= 11 is 0. The second-order valence-corrected chi connectivity index (χ2v) is 4.26. The van der Waals surface area contributed by atoms with Crippen molar-refractivity contribution in [1.82, 2.24) is 4.90 Å². The lowest BCUT2D eigenvalue weighted by Crippen LogP contribution is -2.52. The maximum absolute atomic E-state index is 5.89. The van der Waals surface area contributed by atoms with Gasteiger partial charge in [-0.05, 0) is 20.9 Å². The van der Waals surface area contributed by atoms with Gasteiger partial charge in [-0.25, -0.2) is 0 Å². The average Bonchev–Trinajstić information content (AvgIpc) is 2.04. The average molecular weight is 198 g/mol. The minimum atomic E-state index is 0.0172. The van der Waals surface area contributed by atoms with Crippen LogP contribution in [-0.2, 0) is 4.74 Å². The lowest BCUT2D eigenvalue weighted by molar-refractivity contribution is -0.0995. The molecule has 3 heteroatoms. The number of hydrogen-bond acceptors (Lipinski definition) is 2. The van der Waals surface area contributed by atoms with Crippen LogP contribution in [0.4, 0.5) is 0 Å². The minimum absolute atomic E-state index is 0.0172. The minimum Gasteiger partial charge on any atom is -0.379 e. The molecule has 1 rings (SSSR count). The van der Waals surface area contributed by atoms with Crippen LogP contribution in [0.15, 0.2) is 0 Å². The molecule has 14 heavy (non-hydrogen) atoms. The van der Waals surface area contributed by atoms with E-state index in [1.165, 1.54) is 0 Å². The first-order chi connectivity index (χ1) is 6.53. The second kappa shape index (κ2) is 6.47. The highest BCUT2D eigenvalue weighted by molar-refractivity contribution is 6.37. The van der Waals surface area contributed by atoms with Gasteiger partial charge in [0.15, 0.2) is 7.28 Å². The Bertz CT molecular complexity index is 150. The molecule has 1 aliphatic rings. The lowest BCUT2D eigenvalue weighted by Gasteiger charge is -2.41. The maximum Gasteiger partial charge on any atom is 0.150 e. The number of morpholine rings is 1. The molecule has 0 aromatic heterocycles. The highest BCUT2D eigenvalue weighted by atomic mass is 16.5. The van der Waals surface area contributed by atoms with Crippen LogP contribution >= 0.6 is 0 Å². The van der Waals surface area contributed by atoms with Crippen molar-refractivity contribution in [3.05, 3.63) is 0 Å². The highest BCUT2D eigenvalue weighted by Crippen LogP contribution is 2.19. The van der Waals surface area contributed by atoms with Crippen LogP contribution in [-0.4, -0.2) is 43.9 Å². The third kappa shape index (κ3) is 5.01. The molecule has 0 spiro atoms. The van der Waals surface area contributed by atoms with Crippen molar-refractivity contribution in [2.75, 3.05) is 20.1 Å². The zero-order chi connectivity index (χ0) is 11.2. The van der Waals surface area contributed by atoms with E-state index < -0.39 is 0 Å². The predicted molar refractivity (Wildman–Crippen MR) is 64.0 cm³/mol. The van der Waals surface area contributed by atoms with Crippen LogP contribution in [0.25, 0.3) is 0 Å². The van der Waals surface area contributed by atoms with Gasteiger partial charge in [0.25, 0.3) is 0 Å². The molecule has 1 heterocycles. The summed E-state index contributed by atoms with van der Waals surface area (Å²) in [7, 11) is 4.40. The van der Waals surface area contributed by atoms with Gasteiger partial charge in [-0.15, -0.1) is 0 Å². The molecule has 1 aliphatic heterocycles. The third-order valence-corrected chi connectivity index (χ3v) is 2.11. The van der Waals surface area contributed by atoms with E-state index in [9.17, 15) is 0 Å². The summed E-state index contributed by atoms with van der Waals surface area (Å²) in [6.07, 6.45) is 1.09. The number of nitrogens with zero attached hydrogens (tertiary/aromatic N) is 1. The molecule has 0 aliphatic carbocycles. The van der Waals surface area contributed by atoms with E-state index in [1.54, 1.807) is 0 Å². The number of rotatable bonds is 2. The Kier molecular flexibility index (Phi) is 6.46. The van der Waals surface area contributed by atoms with Crippen molar-refractivity contribution < 1.29 is 4.74 Å². The zero-order valence-corrected chi connectivity index (χ0v) is 10.6. The van der Waals surface area contributed by atoms with Gasteiger partial charge < -0.3 is 9.64 Å².